The maximum atomic E-state index is 2.40. The van der Waals surface area contributed by atoms with Crippen LogP contribution in [0.2, 0.25) is 0 Å². The zero-order valence-electron chi connectivity index (χ0n) is 88.1. The average Bonchev–Trinajstić information content (AvgIpc) is 1.55. The molecule has 0 aliphatic carbocycles. The summed E-state index contributed by atoms with van der Waals surface area (Å²) in [6, 6.07) is 76.7. The summed E-state index contributed by atoms with van der Waals surface area (Å²) in [6.07, 6.45) is 21.3. The molecular formula is C117H178N9+5. The van der Waals surface area contributed by atoms with Crippen LogP contribution in [-0.2, 0) is 35.2 Å². The van der Waals surface area contributed by atoms with E-state index in [1.807, 2.05) is 206 Å². The van der Waals surface area contributed by atoms with Crippen LogP contribution < -0.4 is 33.3 Å². The maximum Gasteiger partial charge on any atom is 0.295 e. The first-order valence-corrected chi connectivity index (χ1v) is 48.0. The van der Waals surface area contributed by atoms with Gasteiger partial charge in [0.25, 0.3) is 22.9 Å². The van der Waals surface area contributed by atoms with Gasteiger partial charge in [-0.15, -0.1) is 0 Å². The molecule has 0 fully saturated rings. The lowest BCUT2D eigenvalue weighted by atomic mass is 10.0. The second kappa shape index (κ2) is 70.9. The summed E-state index contributed by atoms with van der Waals surface area (Å²) in [5.74, 6) is 2.40. The number of imidazole rings is 4. The number of hydrogen-bond donors (Lipinski definition) is 0. The third-order valence-electron chi connectivity index (χ3n) is 18.4. The monoisotopic (exact) mass is 1710 g/mol. The molecule has 0 aliphatic heterocycles. The number of aryl methyl sites for hydroxylation is 7. The van der Waals surface area contributed by atoms with Crippen LogP contribution in [-0.4, -0.2) is 17.9 Å². The fourth-order valence-electron chi connectivity index (χ4n) is 13.8. The second-order valence-electron chi connectivity index (χ2n) is 25.7. The van der Waals surface area contributed by atoms with E-state index in [1.54, 1.807) is 0 Å². The molecule has 126 heavy (non-hydrogen) atoms. The number of allylic oxidation sites excluding steroid dienone is 8. The normalized spacial score (nSPS) is 9.57. The standard InChI is InChI=1S/C21H21N2.C21H23N2.C17H15N2.C17H21N2.C13H14N.14C2H6/c1-5-15-16-10-6-7-11-17(16)23-19-13-9-8-12-18(19)22(4)21(23)20(15)14(2)3;1-5-11-18(16(2)3)21-22(4)19-14-9-10-15-20(19)23(21)17-12-7-6-8-13-17;1-12-6-5-8-14-13-7-3-4-9-15(13)19-11-10-18(2)17(19)16(12)14;1-5-9-16(14(2)3)17-18(4)12-13-19(17)15-10-7-6-8-11-15;1-11-7-3-4-8-12(11)13-9-5-6-10-14(13)2;14*1-2/h5-13H,1-4H3;5-15H,1-4H3;3-11H,1-2H3;5-13H,1-4H3;3-10H,1-2H3;14*1-2H3/q5*+1;;;;;;;;;;;;;;/b15-5-;11-5-;;9-5-;;;;;;;;;;;;;;;. The van der Waals surface area contributed by atoms with Crippen molar-refractivity contribution in [1.82, 2.24) is 17.9 Å². The van der Waals surface area contributed by atoms with Gasteiger partial charge in [0, 0.05) is 33.9 Å². The third-order valence-corrected chi connectivity index (χ3v) is 18.4. The minimum atomic E-state index is 1.18. The van der Waals surface area contributed by atoms with Gasteiger partial charge in [-0.25, -0.2) is 22.8 Å². The molecule has 15 aromatic rings. The molecule has 8 aromatic carbocycles. The summed E-state index contributed by atoms with van der Waals surface area (Å²) in [7, 11) is 10.6. The van der Waals surface area contributed by atoms with Crippen molar-refractivity contribution in [3.63, 3.8) is 0 Å². The van der Waals surface area contributed by atoms with Crippen LogP contribution in [0.15, 0.2) is 285 Å². The Balaban J connectivity index is -0.000000692. The molecule has 7 aromatic heterocycles. The Kier molecular flexibility index (Phi) is 68.1. The number of aromatic nitrogens is 9. The molecule has 0 unspecified atom stereocenters. The van der Waals surface area contributed by atoms with Crippen LogP contribution >= 0.6 is 0 Å². The molecule has 9 heteroatoms. The van der Waals surface area contributed by atoms with E-state index in [9.17, 15) is 0 Å². The Hall–Kier alpha value is -11.3. The van der Waals surface area contributed by atoms with Gasteiger partial charge in [-0.05, 0) is 165 Å². The van der Waals surface area contributed by atoms with E-state index in [4.69, 9.17) is 0 Å². The van der Waals surface area contributed by atoms with Crippen molar-refractivity contribution in [2.45, 2.75) is 270 Å². The molecule has 7 heterocycles. The van der Waals surface area contributed by atoms with E-state index in [1.165, 1.54) is 150 Å². The van der Waals surface area contributed by atoms with E-state index >= 15 is 0 Å². The zero-order valence-corrected chi connectivity index (χ0v) is 88.1. The number of para-hydroxylation sites is 8. The van der Waals surface area contributed by atoms with Gasteiger partial charge in [0.15, 0.2) is 28.3 Å². The SMILES string of the molecule is C/C=C\C(=C(C)C)c1n(-c2ccccc2)c2ccccc2[n+]1C.C/C=C\C(=C(C)C)c1n(-c2ccccc2)cc[n+]1C.C/C=c1\c(=C(C)C)c2n(c3ccccc13)c1ccccc1[n+]2C.CC.CC.CC.CC.CC.CC.CC.CC.CC.CC.CC.CC.CC.CC.Cc1cccc2c3ccccc3n3cc[n+](C)c3c12.Cc1ccccc1-c1cccc[n+]1C. The Morgan fingerprint density at radius 3 is 1.21 bits per heavy atom. The molecule has 0 saturated carbocycles. The first-order chi connectivity index (χ1) is 61.5. The lowest BCUT2D eigenvalue weighted by molar-refractivity contribution is -0.672. The molecule has 0 saturated heterocycles. The Labute approximate surface area is 770 Å². The number of nitrogens with zero attached hydrogens (tertiary/aromatic N) is 9. The molecule has 0 bridgehead atoms. The molecule has 0 amide bonds. The predicted octanol–water partition coefficient (Wildman–Crippen LogP) is 31.8. The summed E-state index contributed by atoms with van der Waals surface area (Å²) >= 11 is 0. The minimum Gasteiger partial charge on any atom is -0.232 e. The highest BCUT2D eigenvalue weighted by atomic mass is 15.2. The number of fused-ring (bicyclic) bond motifs is 12. The lowest BCUT2D eigenvalue weighted by Gasteiger charge is -2.06. The van der Waals surface area contributed by atoms with Gasteiger partial charge in [-0.1, -0.05) is 374 Å². The zero-order chi connectivity index (χ0) is 97.3. The number of hydrogen-bond acceptors (Lipinski definition) is 0. The highest BCUT2D eigenvalue weighted by molar-refractivity contribution is 6.12. The lowest BCUT2D eigenvalue weighted by Crippen LogP contribution is -2.39. The fourth-order valence-corrected chi connectivity index (χ4v) is 13.8. The van der Waals surface area contributed by atoms with Crippen molar-refractivity contribution in [3.8, 4) is 22.6 Å². The van der Waals surface area contributed by atoms with E-state index < -0.39 is 0 Å². The van der Waals surface area contributed by atoms with Gasteiger partial charge >= 0.3 is 0 Å². The van der Waals surface area contributed by atoms with Crippen molar-refractivity contribution >= 4 is 88.7 Å². The first-order valence-electron chi connectivity index (χ1n) is 48.0. The highest BCUT2D eigenvalue weighted by Crippen LogP contribution is 2.32. The summed E-state index contributed by atoms with van der Waals surface area (Å²) in [5, 5.41) is 7.95. The van der Waals surface area contributed by atoms with Gasteiger partial charge in [-0.2, -0.15) is 17.9 Å². The third kappa shape index (κ3) is 31.7. The molecule has 0 aliphatic rings. The largest absolute Gasteiger partial charge is 0.295 e. The van der Waals surface area contributed by atoms with Crippen molar-refractivity contribution in [2.24, 2.45) is 35.2 Å². The van der Waals surface area contributed by atoms with Crippen molar-refractivity contribution in [1.29, 1.82) is 0 Å². The van der Waals surface area contributed by atoms with Gasteiger partial charge in [-0.3, -0.25) is 0 Å². The van der Waals surface area contributed by atoms with Crippen LogP contribution in [0.5, 0.6) is 0 Å². The van der Waals surface area contributed by atoms with Crippen LogP contribution in [0.4, 0.5) is 0 Å². The fraction of sp³-hybridized carbons (Fsp3) is 0.376. The first kappa shape index (κ1) is 121. The molecule has 0 spiro atoms. The van der Waals surface area contributed by atoms with Crippen molar-refractivity contribution < 1.29 is 22.8 Å². The molecular weight excluding hydrogens is 1530 g/mol. The topological polar surface area (TPSA) is 38.1 Å². The van der Waals surface area contributed by atoms with E-state index in [-0.39, 0.29) is 0 Å². The van der Waals surface area contributed by atoms with E-state index in [0.717, 1.165) is 0 Å². The smallest absolute Gasteiger partial charge is 0.232 e. The predicted molar refractivity (Wildman–Crippen MR) is 570 cm³/mol. The van der Waals surface area contributed by atoms with Gasteiger partial charge < -0.3 is 0 Å². The van der Waals surface area contributed by atoms with Crippen molar-refractivity contribution in [2.75, 3.05) is 0 Å². The highest BCUT2D eigenvalue weighted by Gasteiger charge is 2.28. The Morgan fingerprint density at radius 2 is 0.722 bits per heavy atom. The average molecular weight is 1710 g/mol. The Morgan fingerprint density at radius 1 is 0.317 bits per heavy atom. The number of pyridine rings is 3. The quantitative estimate of drug-likeness (QED) is 0.0867. The Bertz CT molecular complexity index is 5630. The van der Waals surface area contributed by atoms with Crippen LogP contribution in [0, 0.1) is 13.8 Å². The van der Waals surface area contributed by atoms with Gasteiger partial charge in [0.05, 0.1) is 49.9 Å². The number of benzene rings is 8. The molecule has 0 radical (unpaired) electrons. The summed E-state index contributed by atoms with van der Waals surface area (Å²) < 4.78 is 20.4. The number of rotatable bonds is 7. The van der Waals surface area contributed by atoms with Crippen LogP contribution in [0.25, 0.3) is 111 Å². The maximum absolute atomic E-state index is 2.40. The van der Waals surface area contributed by atoms with Crippen LogP contribution in [0.3, 0.4) is 0 Å². The summed E-state index contributed by atoms with van der Waals surface area (Å²) in [6.45, 7) is 79.6. The molecule has 686 valence electrons. The van der Waals surface area contributed by atoms with Crippen molar-refractivity contribution in [3.05, 3.63) is 318 Å². The van der Waals surface area contributed by atoms with E-state index in [2.05, 4.69) is 420 Å². The molecule has 0 atom stereocenters. The second-order valence-corrected chi connectivity index (χ2v) is 25.7. The summed E-state index contributed by atoms with van der Waals surface area (Å²) in [5.41, 5.74) is 24.0. The minimum absolute atomic E-state index is 1.18. The van der Waals surface area contributed by atoms with Gasteiger partial charge in [0.2, 0.25) is 5.69 Å². The molecule has 15 rings (SSSR count). The molecule has 0 N–H and O–H groups in total. The summed E-state index contributed by atoms with van der Waals surface area (Å²) in [4.78, 5) is 0. The van der Waals surface area contributed by atoms with E-state index in [0.29, 0.717) is 0 Å². The van der Waals surface area contributed by atoms with Gasteiger partial charge in [0.1, 0.15) is 54.2 Å². The van der Waals surface area contributed by atoms with Crippen LogP contribution in [0.1, 0.15) is 279 Å². The molecule has 9 nitrogen and oxygen atoms in total.